The minimum Gasteiger partial charge on any atom is -0.298 e. The van der Waals surface area contributed by atoms with Crippen LogP contribution in [0.2, 0.25) is 0 Å². The van der Waals surface area contributed by atoms with Gasteiger partial charge in [-0.2, -0.15) is 0 Å². The van der Waals surface area contributed by atoms with Crippen molar-refractivity contribution in [3.8, 4) is 0 Å². The van der Waals surface area contributed by atoms with Gasteiger partial charge in [0.2, 0.25) is 0 Å². The zero-order chi connectivity index (χ0) is 8.27. The molecule has 0 bridgehead atoms. The fraction of sp³-hybridized carbons (Fsp3) is 0.556. The molecular formula is C9H12O2. The SMILES string of the molecule is CC1CCC(C=O)=C(C=O)C1. The molecule has 1 atom stereocenters. The van der Waals surface area contributed by atoms with Gasteiger partial charge >= 0.3 is 0 Å². The Bertz CT molecular complexity index is 204. The van der Waals surface area contributed by atoms with Crippen LogP contribution in [0.5, 0.6) is 0 Å². The summed E-state index contributed by atoms with van der Waals surface area (Å²) in [5, 5.41) is 0. The average molecular weight is 152 g/mol. The van der Waals surface area contributed by atoms with Gasteiger partial charge < -0.3 is 0 Å². The Morgan fingerprint density at radius 3 is 2.45 bits per heavy atom. The van der Waals surface area contributed by atoms with Crippen LogP contribution in [-0.4, -0.2) is 12.6 Å². The molecule has 0 aliphatic heterocycles. The Hall–Kier alpha value is -0.920. The number of carbonyl (C=O) groups is 2. The highest BCUT2D eigenvalue weighted by atomic mass is 16.1. The lowest BCUT2D eigenvalue weighted by molar-refractivity contribution is -0.107. The maximum Gasteiger partial charge on any atom is 0.146 e. The van der Waals surface area contributed by atoms with Crippen LogP contribution >= 0.6 is 0 Å². The third-order valence-electron chi connectivity index (χ3n) is 2.17. The first kappa shape index (κ1) is 8.18. The number of carbonyl (C=O) groups excluding carboxylic acids is 2. The molecule has 0 saturated heterocycles. The third kappa shape index (κ3) is 1.76. The highest BCUT2D eigenvalue weighted by Gasteiger charge is 2.16. The minimum absolute atomic E-state index is 0.555. The van der Waals surface area contributed by atoms with Gasteiger partial charge in [0, 0.05) is 0 Å². The second kappa shape index (κ2) is 3.46. The van der Waals surface area contributed by atoms with Crippen molar-refractivity contribution in [1.29, 1.82) is 0 Å². The quantitative estimate of drug-likeness (QED) is 0.562. The number of aldehydes is 2. The Kier molecular flexibility index (Phi) is 2.58. The summed E-state index contributed by atoms with van der Waals surface area (Å²) in [6.07, 6.45) is 4.22. The number of hydrogen-bond acceptors (Lipinski definition) is 2. The van der Waals surface area contributed by atoms with E-state index in [1.54, 1.807) is 0 Å². The molecule has 0 aromatic heterocycles. The molecule has 1 aliphatic rings. The van der Waals surface area contributed by atoms with E-state index in [9.17, 15) is 9.59 Å². The van der Waals surface area contributed by atoms with Crippen molar-refractivity contribution < 1.29 is 9.59 Å². The Labute approximate surface area is 66.3 Å². The number of rotatable bonds is 2. The summed E-state index contributed by atoms with van der Waals surface area (Å²) < 4.78 is 0. The zero-order valence-corrected chi connectivity index (χ0v) is 6.67. The Morgan fingerprint density at radius 1 is 1.27 bits per heavy atom. The summed E-state index contributed by atoms with van der Waals surface area (Å²) in [6, 6.07) is 0. The molecule has 0 saturated carbocycles. The molecule has 11 heavy (non-hydrogen) atoms. The minimum atomic E-state index is 0.555. The molecule has 0 spiro atoms. The maximum atomic E-state index is 10.5. The van der Waals surface area contributed by atoms with Gasteiger partial charge in [0.15, 0.2) is 0 Å². The maximum absolute atomic E-state index is 10.5. The fourth-order valence-electron chi connectivity index (χ4n) is 1.43. The highest BCUT2D eigenvalue weighted by Crippen LogP contribution is 2.26. The summed E-state index contributed by atoms with van der Waals surface area (Å²) in [6.45, 7) is 2.10. The lowest BCUT2D eigenvalue weighted by Crippen LogP contribution is -2.09. The molecule has 1 aliphatic carbocycles. The van der Waals surface area contributed by atoms with Crippen molar-refractivity contribution in [3.63, 3.8) is 0 Å². The topological polar surface area (TPSA) is 34.1 Å². The van der Waals surface area contributed by atoms with Crippen molar-refractivity contribution >= 4 is 12.6 Å². The van der Waals surface area contributed by atoms with Crippen LogP contribution < -0.4 is 0 Å². The molecule has 0 N–H and O–H groups in total. The molecule has 0 heterocycles. The van der Waals surface area contributed by atoms with Gasteiger partial charge in [0.1, 0.15) is 12.6 Å². The second-order valence-corrected chi connectivity index (χ2v) is 3.13. The molecule has 0 aromatic carbocycles. The number of allylic oxidation sites excluding steroid dienone is 2. The first-order chi connectivity index (χ1) is 5.27. The van der Waals surface area contributed by atoms with Gasteiger partial charge in [-0.15, -0.1) is 0 Å². The normalized spacial score (nSPS) is 25.0. The van der Waals surface area contributed by atoms with Gasteiger partial charge in [0.05, 0.1) is 0 Å². The van der Waals surface area contributed by atoms with E-state index in [2.05, 4.69) is 6.92 Å². The lowest BCUT2D eigenvalue weighted by Gasteiger charge is -2.18. The number of hydrogen-bond donors (Lipinski definition) is 0. The lowest BCUT2D eigenvalue weighted by atomic mass is 9.86. The predicted molar refractivity (Wildman–Crippen MR) is 42.2 cm³/mol. The van der Waals surface area contributed by atoms with E-state index in [1.165, 1.54) is 0 Å². The summed E-state index contributed by atoms with van der Waals surface area (Å²) in [5.74, 6) is 0.555. The largest absolute Gasteiger partial charge is 0.298 e. The van der Waals surface area contributed by atoms with Crippen LogP contribution in [-0.2, 0) is 9.59 Å². The highest BCUT2D eigenvalue weighted by molar-refractivity contribution is 5.87. The molecule has 1 unspecified atom stereocenters. The van der Waals surface area contributed by atoms with Gasteiger partial charge in [-0.3, -0.25) is 9.59 Å². The third-order valence-corrected chi connectivity index (χ3v) is 2.17. The van der Waals surface area contributed by atoms with Gasteiger partial charge in [-0.05, 0) is 36.3 Å². The summed E-state index contributed by atoms with van der Waals surface area (Å²) in [7, 11) is 0. The van der Waals surface area contributed by atoms with E-state index < -0.39 is 0 Å². The van der Waals surface area contributed by atoms with E-state index in [1.807, 2.05) is 0 Å². The van der Waals surface area contributed by atoms with Crippen LogP contribution in [0.25, 0.3) is 0 Å². The van der Waals surface area contributed by atoms with E-state index >= 15 is 0 Å². The molecule has 1 rings (SSSR count). The summed E-state index contributed by atoms with van der Waals surface area (Å²) in [5.41, 5.74) is 1.41. The molecule has 0 amide bonds. The molecule has 2 nitrogen and oxygen atoms in total. The standard InChI is InChI=1S/C9H12O2/c1-7-2-3-8(5-10)9(4-7)6-11/h5-7H,2-4H2,1H3. The molecule has 60 valence electrons. The van der Waals surface area contributed by atoms with E-state index in [0.717, 1.165) is 31.8 Å². The summed E-state index contributed by atoms with van der Waals surface area (Å²) >= 11 is 0. The second-order valence-electron chi connectivity index (χ2n) is 3.13. The average Bonchev–Trinajstić information content (AvgIpc) is 2.04. The first-order valence-electron chi connectivity index (χ1n) is 3.90. The monoisotopic (exact) mass is 152 g/mol. The smallest absolute Gasteiger partial charge is 0.146 e. The zero-order valence-electron chi connectivity index (χ0n) is 6.67. The van der Waals surface area contributed by atoms with E-state index in [0.29, 0.717) is 17.1 Å². The van der Waals surface area contributed by atoms with Crippen molar-refractivity contribution in [1.82, 2.24) is 0 Å². The van der Waals surface area contributed by atoms with Crippen molar-refractivity contribution in [3.05, 3.63) is 11.1 Å². The molecular weight excluding hydrogens is 140 g/mol. The van der Waals surface area contributed by atoms with Crippen LogP contribution in [0, 0.1) is 5.92 Å². The Morgan fingerprint density at radius 2 is 1.91 bits per heavy atom. The van der Waals surface area contributed by atoms with Crippen LogP contribution in [0.4, 0.5) is 0 Å². The van der Waals surface area contributed by atoms with Gasteiger partial charge in [-0.1, -0.05) is 6.92 Å². The van der Waals surface area contributed by atoms with Gasteiger partial charge in [0.25, 0.3) is 0 Å². The molecule has 2 heteroatoms. The van der Waals surface area contributed by atoms with Gasteiger partial charge in [-0.25, -0.2) is 0 Å². The van der Waals surface area contributed by atoms with Crippen LogP contribution in [0.15, 0.2) is 11.1 Å². The van der Waals surface area contributed by atoms with E-state index in [-0.39, 0.29) is 0 Å². The Balaban J connectivity index is 2.82. The molecule has 0 fully saturated rings. The van der Waals surface area contributed by atoms with E-state index in [4.69, 9.17) is 0 Å². The van der Waals surface area contributed by atoms with Crippen molar-refractivity contribution in [2.75, 3.05) is 0 Å². The summed E-state index contributed by atoms with van der Waals surface area (Å²) in [4.78, 5) is 20.9. The molecule has 0 aromatic rings. The van der Waals surface area contributed by atoms with Crippen LogP contribution in [0.1, 0.15) is 26.2 Å². The van der Waals surface area contributed by atoms with Crippen LogP contribution in [0.3, 0.4) is 0 Å². The predicted octanol–water partition coefficient (Wildman–Crippen LogP) is 1.50. The van der Waals surface area contributed by atoms with Crippen molar-refractivity contribution in [2.24, 2.45) is 5.92 Å². The van der Waals surface area contributed by atoms with Crippen molar-refractivity contribution in [2.45, 2.75) is 26.2 Å². The first-order valence-corrected chi connectivity index (χ1v) is 3.90. The molecule has 0 radical (unpaired) electrons. The fourth-order valence-corrected chi connectivity index (χ4v) is 1.43.